The number of nitrogens with two attached hydrogens (primary N) is 1. The minimum absolute atomic E-state index is 0. The van der Waals surface area contributed by atoms with Crippen LogP contribution in [0, 0.1) is 0 Å². The van der Waals surface area contributed by atoms with Crippen LogP contribution in [0.4, 0.5) is 0 Å². The number of rotatable bonds is 7. The number of ether oxygens (including phenoxy) is 1. The number of thiophene rings is 1. The third-order valence-electron chi connectivity index (χ3n) is 4.64. The number of hydrogen-bond acceptors (Lipinski definition) is 5. The summed E-state index contributed by atoms with van der Waals surface area (Å²) in [6, 6.07) is 2.25. The highest BCUT2D eigenvalue weighted by Gasteiger charge is 2.16. The highest BCUT2D eigenvalue weighted by Crippen LogP contribution is 2.23. The summed E-state index contributed by atoms with van der Waals surface area (Å²) < 4.78 is 5.35. The standard InChI is InChI=1S/C17H29N5OS.HI/c18-17(19-4-1-6-21-9-11-23-12-10-21)20-5-8-22-7-2-16-15(14-22)3-13-24-16;/h3,13H,1-2,4-12,14H2,(H3,18,19,20);1H. The van der Waals surface area contributed by atoms with Crippen molar-refractivity contribution in [2.45, 2.75) is 19.4 Å². The molecule has 0 atom stereocenters. The molecule has 2 aliphatic rings. The molecule has 0 amide bonds. The Bertz CT molecular complexity index is 533. The van der Waals surface area contributed by atoms with E-state index in [1.54, 1.807) is 4.88 Å². The number of aliphatic imine (C=N–C) groups is 1. The van der Waals surface area contributed by atoms with E-state index in [0.29, 0.717) is 5.96 Å². The molecule has 0 radical (unpaired) electrons. The molecule has 1 aromatic rings. The topological polar surface area (TPSA) is 66.1 Å². The second-order valence-corrected chi connectivity index (χ2v) is 7.40. The van der Waals surface area contributed by atoms with Gasteiger partial charge in [-0.2, -0.15) is 0 Å². The zero-order valence-electron chi connectivity index (χ0n) is 14.8. The van der Waals surface area contributed by atoms with Crippen LogP contribution in [0.1, 0.15) is 16.9 Å². The second kappa shape index (κ2) is 11.3. The normalized spacial score (nSPS) is 19.3. The van der Waals surface area contributed by atoms with Crippen LogP contribution in [0.3, 0.4) is 0 Å². The first-order valence-electron chi connectivity index (χ1n) is 8.93. The van der Waals surface area contributed by atoms with Crippen molar-refractivity contribution >= 4 is 41.3 Å². The molecule has 25 heavy (non-hydrogen) atoms. The highest BCUT2D eigenvalue weighted by atomic mass is 127. The molecule has 0 aromatic carbocycles. The fourth-order valence-corrected chi connectivity index (χ4v) is 4.10. The van der Waals surface area contributed by atoms with Crippen molar-refractivity contribution in [1.82, 2.24) is 15.1 Å². The minimum Gasteiger partial charge on any atom is -0.379 e. The number of halogens is 1. The first-order chi connectivity index (χ1) is 11.8. The molecule has 3 N–H and O–H groups in total. The number of guanidine groups is 1. The molecule has 1 fully saturated rings. The maximum Gasteiger partial charge on any atom is 0.188 e. The molecule has 1 aromatic heterocycles. The molecule has 0 unspecified atom stereocenters. The summed E-state index contributed by atoms with van der Waals surface area (Å²) in [7, 11) is 0. The van der Waals surface area contributed by atoms with Gasteiger partial charge in [0.2, 0.25) is 0 Å². The van der Waals surface area contributed by atoms with Crippen LogP contribution >= 0.6 is 35.3 Å². The van der Waals surface area contributed by atoms with Gasteiger partial charge in [0.15, 0.2) is 5.96 Å². The number of morpholine rings is 1. The van der Waals surface area contributed by atoms with Crippen LogP contribution in [-0.4, -0.2) is 74.8 Å². The summed E-state index contributed by atoms with van der Waals surface area (Å²) in [6.45, 7) is 9.75. The summed E-state index contributed by atoms with van der Waals surface area (Å²) in [4.78, 5) is 10.9. The van der Waals surface area contributed by atoms with E-state index in [1.165, 1.54) is 12.0 Å². The Morgan fingerprint density at radius 1 is 1.24 bits per heavy atom. The summed E-state index contributed by atoms with van der Waals surface area (Å²) >= 11 is 1.89. The van der Waals surface area contributed by atoms with Gasteiger partial charge in [-0.15, -0.1) is 35.3 Å². The fraction of sp³-hybridized carbons (Fsp3) is 0.706. The lowest BCUT2D eigenvalue weighted by Crippen LogP contribution is -2.40. The van der Waals surface area contributed by atoms with E-state index in [-0.39, 0.29) is 24.0 Å². The average molecular weight is 479 g/mol. The van der Waals surface area contributed by atoms with Crippen molar-refractivity contribution in [3.05, 3.63) is 21.9 Å². The van der Waals surface area contributed by atoms with E-state index in [4.69, 9.17) is 10.5 Å². The molecule has 6 nitrogen and oxygen atoms in total. The van der Waals surface area contributed by atoms with Crippen LogP contribution in [0.2, 0.25) is 0 Å². The van der Waals surface area contributed by atoms with Gasteiger partial charge in [-0.05, 0) is 29.9 Å². The van der Waals surface area contributed by atoms with Gasteiger partial charge in [0.05, 0.1) is 13.2 Å². The molecular weight excluding hydrogens is 449 g/mol. The van der Waals surface area contributed by atoms with Crippen molar-refractivity contribution in [3.63, 3.8) is 0 Å². The SMILES string of the molecule is I.NC(=NCCCN1CCOCC1)NCCN1CCc2sccc2C1. The summed E-state index contributed by atoms with van der Waals surface area (Å²) in [5.74, 6) is 0.574. The predicted octanol–water partition coefficient (Wildman–Crippen LogP) is 1.35. The van der Waals surface area contributed by atoms with E-state index >= 15 is 0 Å². The third-order valence-corrected chi connectivity index (χ3v) is 5.66. The molecule has 0 spiro atoms. The average Bonchev–Trinajstić information content (AvgIpc) is 3.07. The van der Waals surface area contributed by atoms with Gasteiger partial charge in [-0.3, -0.25) is 14.8 Å². The van der Waals surface area contributed by atoms with Gasteiger partial charge in [0.25, 0.3) is 0 Å². The molecular formula is C17H30IN5OS. The lowest BCUT2D eigenvalue weighted by molar-refractivity contribution is 0.0377. The minimum atomic E-state index is 0. The number of nitrogens with zero attached hydrogens (tertiary/aromatic N) is 3. The lowest BCUT2D eigenvalue weighted by atomic mass is 10.1. The van der Waals surface area contributed by atoms with Crippen LogP contribution in [0.5, 0.6) is 0 Å². The molecule has 142 valence electrons. The Balaban J connectivity index is 0.00000225. The summed E-state index contributed by atoms with van der Waals surface area (Å²) in [5.41, 5.74) is 7.45. The van der Waals surface area contributed by atoms with Crippen LogP contribution < -0.4 is 11.1 Å². The Morgan fingerprint density at radius 3 is 2.92 bits per heavy atom. The second-order valence-electron chi connectivity index (χ2n) is 6.40. The van der Waals surface area contributed by atoms with Gasteiger partial charge in [0, 0.05) is 57.2 Å². The van der Waals surface area contributed by atoms with Crippen molar-refractivity contribution < 1.29 is 4.74 Å². The largest absolute Gasteiger partial charge is 0.379 e. The van der Waals surface area contributed by atoms with Crippen molar-refractivity contribution in [2.24, 2.45) is 10.7 Å². The van der Waals surface area contributed by atoms with Gasteiger partial charge in [0.1, 0.15) is 0 Å². The predicted molar refractivity (Wildman–Crippen MR) is 115 cm³/mol. The Morgan fingerprint density at radius 2 is 2.08 bits per heavy atom. The summed E-state index contributed by atoms with van der Waals surface area (Å²) in [6.07, 6.45) is 2.23. The molecule has 1 saturated heterocycles. The van der Waals surface area contributed by atoms with Crippen LogP contribution in [-0.2, 0) is 17.7 Å². The maximum atomic E-state index is 5.96. The van der Waals surface area contributed by atoms with E-state index < -0.39 is 0 Å². The molecule has 2 aliphatic heterocycles. The molecule has 0 bridgehead atoms. The molecule has 3 rings (SSSR count). The molecule has 0 saturated carbocycles. The van der Waals surface area contributed by atoms with Crippen molar-refractivity contribution in [1.29, 1.82) is 0 Å². The quantitative estimate of drug-likeness (QED) is 0.268. The molecule has 0 aliphatic carbocycles. The van der Waals surface area contributed by atoms with E-state index in [1.807, 2.05) is 11.3 Å². The first-order valence-corrected chi connectivity index (χ1v) is 9.81. The summed E-state index contributed by atoms with van der Waals surface area (Å²) in [5, 5.41) is 5.44. The van der Waals surface area contributed by atoms with Crippen molar-refractivity contribution in [3.8, 4) is 0 Å². The van der Waals surface area contributed by atoms with Gasteiger partial charge >= 0.3 is 0 Å². The van der Waals surface area contributed by atoms with Crippen LogP contribution in [0.15, 0.2) is 16.4 Å². The third kappa shape index (κ3) is 7.01. The first kappa shape index (κ1) is 20.9. The highest BCUT2D eigenvalue weighted by molar-refractivity contribution is 14.0. The van der Waals surface area contributed by atoms with Crippen molar-refractivity contribution in [2.75, 3.05) is 59.0 Å². The zero-order chi connectivity index (χ0) is 16.6. The van der Waals surface area contributed by atoms with Gasteiger partial charge in [-0.1, -0.05) is 0 Å². The zero-order valence-corrected chi connectivity index (χ0v) is 17.9. The van der Waals surface area contributed by atoms with E-state index in [2.05, 4.69) is 31.6 Å². The molecule has 3 heterocycles. The Labute approximate surface area is 171 Å². The fourth-order valence-electron chi connectivity index (χ4n) is 3.21. The number of nitrogens with one attached hydrogen (secondary N) is 1. The maximum absolute atomic E-state index is 5.96. The Hall–Kier alpha value is -0.420. The smallest absolute Gasteiger partial charge is 0.188 e. The monoisotopic (exact) mass is 479 g/mol. The Kier molecular flexibility index (Phi) is 9.46. The van der Waals surface area contributed by atoms with E-state index in [9.17, 15) is 0 Å². The van der Waals surface area contributed by atoms with Gasteiger partial charge in [-0.25, -0.2) is 0 Å². The lowest BCUT2D eigenvalue weighted by Gasteiger charge is -2.26. The molecule has 8 heteroatoms. The number of hydrogen-bond donors (Lipinski definition) is 2. The van der Waals surface area contributed by atoms with E-state index in [0.717, 1.165) is 72.0 Å². The van der Waals surface area contributed by atoms with Gasteiger partial charge < -0.3 is 15.8 Å². The number of fused-ring (bicyclic) bond motifs is 1. The van der Waals surface area contributed by atoms with Crippen LogP contribution in [0.25, 0.3) is 0 Å².